The minimum Gasteiger partial charge on any atom is -0.463 e. The van der Waals surface area contributed by atoms with Gasteiger partial charge in [0.1, 0.15) is 0 Å². The Morgan fingerprint density at radius 3 is 2.76 bits per heavy atom. The molecule has 1 aliphatic rings. The van der Waals surface area contributed by atoms with E-state index in [4.69, 9.17) is 9.47 Å². The van der Waals surface area contributed by atoms with Crippen molar-refractivity contribution in [3.05, 3.63) is 0 Å². The third-order valence-electron chi connectivity index (χ3n) is 2.51. The summed E-state index contributed by atoms with van der Waals surface area (Å²) in [6, 6.07) is 0. The maximum absolute atomic E-state index is 11.3. The van der Waals surface area contributed by atoms with Gasteiger partial charge in [0.2, 0.25) is 6.10 Å². The number of carbonyl (C=O) groups excluding carboxylic acids is 3. The first-order chi connectivity index (χ1) is 8.04. The van der Waals surface area contributed by atoms with Crippen LogP contribution in [0.3, 0.4) is 0 Å². The van der Waals surface area contributed by atoms with Crippen molar-refractivity contribution >= 4 is 17.9 Å². The van der Waals surface area contributed by atoms with Crippen molar-refractivity contribution in [2.45, 2.75) is 32.8 Å². The molecule has 0 radical (unpaired) electrons. The van der Waals surface area contributed by atoms with Crippen LogP contribution in [0.1, 0.15) is 26.7 Å². The lowest BCUT2D eigenvalue weighted by Gasteiger charge is -2.10. The van der Waals surface area contributed by atoms with Gasteiger partial charge in [0.25, 0.3) is 0 Å². The summed E-state index contributed by atoms with van der Waals surface area (Å²) in [6.07, 6.45) is 0.136. The molecule has 1 saturated heterocycles. The fourth-order valence-electron chi connectivity index (χ4n) is 1.22. The minimum absolute atomic E-state index is 0.251. The van der Waals surface area contributed by atoms with Crippen LogP contribution in [0.25, 0.3) is 0 Å². The zero-order valence-electron chi connectivity index (χ0n) is 9.93. The molecule has 0 aliphatic carbocycles. The molecule has 1 aliphatic heterocycles. The Labute approximate surface area is 99.2 Å². The van der Waals surface area contributed by atoms with E-state index in [1.165, 1.54) is 0 Å². The van der Waals surface area contributed by atoms with E-state index in [-0.39, 0.29) is 12.5 Å². The molecule has 1 rings (SSSR count). The van der Waals surface area contributed by atoms with Gasteiger partial charge in [0.15, 0.2) is 6.61 Å². The van der Waals surface area contributed by atoms with E-state index in [0.29, 0.717) is 12.8 Å². The van der Waals surface area contributed by atoms with Crippen LogP contribution in [0.15, 0.2) is 0 Å². The molecule has 0 saturated carbocycles. The van der Waals surface area contributed by atoms with Crippen molar-refractivity contribution in [1.82, 2.24) is 0 Å². The Bertz CT molecular complexity index is 311. The highest BCUT2D eigenvalue weighted by atomic mass is 16.6. The van der Waals surface area contributed by atoms with E-state index in [0.717, 1.165) is 0 Å². The van der Waals surface area contributed by atoms with Crippen molar-refractivity contribution in [3.63, 3.8) is 0 Å². The molecule has 1 heterocycles. The molecule has 0 aromatic rings. The Kier molecular flexibility index (Phi) is 4.93. The van der Waals surface area contributed by atoms with Gasteiger partial charge in [-0.3, -0.25) is 4.79 Å². The zero-order chi connectivity index (χ0) is 12.8. The molecular formula is C11H16O6. The van der Waals surface area contributed by atoms with Gasteiger partial charge in [-0.1, -0.05) is 13.8 Å². The van der Waals surface area contributed by atoms with Gasteiger partial charge in [0, 0.05) is 6.42 Å². The molecular weight excluding hydrogens is 228 g/mol. The molecule has 0 aromatic heterocycles. The lowest BCUT2D eigenvalue weighted by atomic mass is 10.1. The molecule has 1 fully saturated rings. The van der Waals surface area contributed by atoms with Crippen LogP contribution in [0.2, 0.25) is 0 Å². The fraction of sp³-hybridized carbons (Fsp3) is 0.727. The van der Waals surface area contributed by atoms with Crippen LogP contribution in [0.4, 0.5) is 0 Å². The molecule has 6 nitrogen and oxygen atoms in total. The van der Waals surface area contributed by atoms with Crippen molar-refractivity contribution in [2.75, 3.05) is 13.2 Å². The monoisotopic (exact) mass is 244 g/mol. The largest absolute Gasteiger partial charge is 0.463 e. The van der Waals surface area contributed by atoms with E-state index < -0.39 is 30.6 Å². The van der Waals surface area contributed by atoms with Crippen LogP contribution in [0, 0.1) is 5.92 Å². The Hall–Kier alpha value is -1.59. The average molecular weight is 244 g/mol. The maximum atomic E-state index is 11.3. The van der Waals surface area contributed by atoms with Gasteiger partial charge in [-0.25, -0.2) is 9.59 Å². The molecule has 2 atom stereocenters. The van der Waals surface area contributed by atoms with Gasteiger partial charge in [-0.15, -0.1) is 0 Å². The SMILES string of the molecule is CCC(C)C(=O)OCC(=O)OC1CCOC1=O. The summed E-state index contributed by atoms with van der Waals surface area (Å²) in [5.74, 6) is -1.98. The number of hydrogen-bond donors (Lipinski definition) is 0. The number of hydrogen-bond acceptors (Lipinski definition) is 6. The first kappa shape index (κ1) is 13.5. The van der Waals surface area contributed by atoms with Crippen molar-refractivity contribution in [1.29, 1.82) is 0 Å². The molecule has 17 heavy (non-hydrogen) atoms. The number of carbonyl (C=O) groups is 3. The van der Waals surface area contributed by atoms with E-state index in [1.54, 1.807) is 6.92 Å². The topological polar surface area (TPSA) is 78.9 Å². The molecule has 2 unspecified atom stereocenters. The number of cyclic esters (lactones) is 1. The quantitative estimate of drug-likeness (QED) is 0.515. The van der Waals surface area contributed by atoms with E-state index in [2.05, 4.69) is 4.74 Å². The van der Waals surface area contributed by atoms with Gasteiger partial charge in [-0.05, 0) is 6.42 Å². The summed E-state index contributed by atoms with van der Waals surface area (Å²) in [4.78, 5) is 33.5. The highest BCUT2D eigenvalue weighted by molar-refractivity contribution is 5.82. The second-order valence-corrected chi connectivity index (χ2v) is 3.85. The summed E-state index contributed by atoms with van der Waals surface area (Å²) in [5.41, 5.74) is 0. The predicted octanol–water partition coefficient (Wildman–Crippen LogP) is 0.434. The molecule has 96 valence electrons. The molecule has 0 aromatic carbocycles. The van der Waals surface area contributed by atoms with Crippen molar-refractivity contribution in [3.8, 4) is 0 Å². The second kappa shape index (κ2) is 6.22. The molecule has 6 heteroatoms. The smallest absolute Gasteiger partial charge is 0.347 e. The number of esters is 3. The van der Waals surface area contributed by atoms with Gasteiger partial charge >= 0.3 is 17.9 Å². The fourth-order valence-corrected chi connectivity index (χ4v) is 1.22. The van der Waals surface area contributed by atoms with Crippen LogP contribution in [-0.2, 0) is 28.6 Å². The van der Waals surface area contributed by atoms with Crippen LogP contribution in [0.5, 0.6) is 0 Å². The Balaban J connectivity index is 2.25. The Morgan fingerprint density at radius 1 is 1.53 bits per heavy atom. The zero-order valence-corrected chi connectivity index (χ0v) is 9.93. The first-order valence-electron chi connectivity index (χ1n) is 5.57. The van der Waals surface area contributed by atoms with Gasteiger partial charge in [0.05, 0.1) is 12.5 Å². The summed E-state index contributed by atoms with van der Waals surface area (Å²) in [7, 11) is 0. The number of ether oxygens (including phenoxy) is 3. The van der Waals surface area contributed by atoms with E-state index in [9.17, 15) is 14.4 Å². The first-order valence-corrected chi connectivity index (χ1v) is 5.57. The van der Waals surface area contributed by atoms with Crippen molar-refractivity contribution < 1.29 is 28.6 Å². The normalized spacial score (nSPS) is 20.6. The van der Waals surface area contributed by atoms with Gasteiger partial charge < -0.3 is 14.2 Å². The van der Waals surface area contributed by atoms with Crippen LogP contribution >= 0.6 is 0 Å². The number of rotatable bonds is 5. The lowest BCUT2D eigenvalue weighted by Crippen LogP contribution is -2.27. The third-order valence-corrected chi connectivity index (χ3v) is 2.51. The average Bonchev–Trinajstić information content (AvgIpc) is 2.71. The second-order valence-electron chi connectivity index (χ2n) is 3.85. The van der Waals surface area contributed by atoms with Crippen LogP contribution in [-0.4, -0.2) is 37.2 Å². The van der Waals surface area contributed by atoms with Crippen molar-refractivity contribution in [2.24, 2.45) is 5.92 Å². The molecule has 0 amide bonds. The predicted molar refractivity (Wildman–Crippen MR) is 55.9 cm³/mol. The highest BCUT2D eigenvalue weighted by Gasteiger charge is 2.30. The van der Waals surface area contributed by atoms with E-state index in [1.807, 2.05) is 6.92 Å². The standard InChI is InChI=1S/C11H16O6/c1-3-7(2)10(13)16-6-9(12)17-8-4-5-15-11(8)14/h7-8H,3-6H2,1-2H3. The summed E-state index contributed by atoms with van der Waals surface area (Å²) >= 11 is 0. The Morgan fingerprint density at radius 2 is 2.24 bits per heavy atom. The highest BCUT2D eigenvalue weighted by Crippen LogP contribution is 2.10. The summed E-state index contributed by atoms with van der Waals surface area (Å²) in [5, 5.41) is 0. The summed E-state index contributed by atoms with van der Waals surface area (Å²) < 4.78 is 14.2. The third kappa shape index (κ3) is 4.05. The molecule has 0 N–H and O–H groups in total. The maximum Gasteiger partial charge on any atom is 0.347 e. The minimum atomic E-state index is -0.857. The lowest BCUT2D eigenvalue weighted by molar-refractivity contribution is -0.168. The summed E-state index contributed by atoms with van der Waals surface area (Å²) in [6.45, 7) is 3.34. The van der Waals surface area contributed by atoms with E-state index >= 15 is 0 Å². The molecule has 0 bridgehead atoms. The van der Waals surface area contributed by atoms with Crippen LogP contribution < -0.4 is 0 Å². The molecule has 0 spiro atoms. The van der Waals surface area contributed by atoms with Gasteiger partial charge in [-0.2, -0.15) is 0 Å².